The van der Waals surface area contributed by atoms with Crippen molar-refractivity contribution in [1.82, 2.24) is 14.8 Å². The first-order chi connectivity index (χ1) is 12.5. The number of benzene rings is 1. The van der Waals surface area contributed by atoms with Crippen molar-refractivity contribution in [2.24, 2.45) is 0 Å². The van der Waals surface area contributed by atoms with Gasteiger partial charge >= 0.3 is 0 Å². The maximum Gasteiger partial charge on any atom is 0.270 e. The summed E-state index contributed by atoms with van der Waals surface area (Å²) in [5.74, 6) is -0.0404. The van der Waals surface area contributed by atoms with Crippen LogP contribution in [0.5, 0.6) is 0 Å². The largest absolute Gasteiger partial charge is 0.297 e. The van der Waals surface area contributed by atoms with Crippen molar-refractivity contribution < 1.29 is 4.79 Å². The molecule has 3 rings (SSSR count). The average molecular weight is 347 g/mol. The van der Waals surface area contributed by atoms with Crippen molar-refractivity contribution in [1.29, 1.82) is 0 Å². The summed E-state index contributed by atoms with van der Waals surface area (Å²) in [6.07, 6.45) is 4.20. The highest BCUT2D eigenvalue weighted by Gasteiger charge is 2.12. The van der Waals surface area contributed by atoms with Crippen LogP contribution < -0.4 is 5.56 Å². The van der Waals surface area contributed by atoms with Gasteiger partial charge < -0.3 is 0 Å². The fourth-order valence-electron chi connectivity index (χ4n) is 2.86. The van der Waals surface area contributed by atoms with Crippen LogP contribution in [-0.2, 0) is 24.2 Å². The Balaban J connectivity index is 1.78. The van der Waals surface area contributed by atoms with Gasteiger partial charge in [0.25, 0.3) is 5.56 Å². The lowest BCUT2D eigenvalue weighted by atomic mass is 10.1. The summed E-state index contributed by atoms with van der Waals surface area (Å²) in [5, 5.41) is 4.24. The lowest BCUT2D eigenvalue weighted by Crippen LogP contribution is -2.30. The highest BCUT2D eigenvalue weighted by molar-refractivity contribution is 5.80. The Bertz CT molecular complexity index is 961. The van der Waals surface area contributed by atoms with E-state index in [4.69, 9.17) is 0 Å². The van der Waals surface area contributed by atoms with Crippen LogP contribution in [0.25, 0.3) is 0 Å². The topological polar surface area (TPSA) is 64.8 Å². The third kappa shape index (κ3) is 4.51. The Labute approximate surface area is 152 Å². The summed E-state index contributed by atoms with van der Waals surface area (Å²) in [7, 11) is 0. The number of rotatable bonds is 6. The highest BCUT2D eigenvalue weighted by atomic mass is 16.1. The fourth-order valence-corrected chi connectivity index (χ4v) is 2.86. The Kier molecular flexibility index (Phi) is 5.37. The van der Waals surface area contributed by atoms with Crippen molar-refractivity contribution >= 4 is 5.78 Å². The molecule has 1 aromatic carbocycles. The molecule has 2 aromatic heterocycles. The van der Waals surface area contributed by atoms with Gasteiger partial charge in [-0.25, -0.2) is 4.68 Å². The van der Waals surface area contributed by atoms with E-state index in [1.165, 1.54) is 4.68 Å². The third-order valence-electron chi connectivity index (χ3n) is 4.14. The molecule has 5 nitrogen and oxygen atoms in total. The van der Waals surface area contributed by atoms with Crippen LogP contribution in [0.3, 0.4) is 0 Å². The summed E-state index contributed by atoms with van der Waals surface area (Å²) >= 11 is 0. The number of Topliss-reactive ketones (excluding diaryl/α,β-unsaturated/α-hetero) is 1. The molecule has 3 aromatic rings. The summed E-state index contributed by atoms with van der Waals surface area (Å²) in [5.41, 5.74) is 4.15. The minimum absolute atomic E-state index is 0.0194. The number of ketones is 1. The molecule has 0 radical (unpaired) electrons. The Morgan fingerprint density at radius 1 is 1.08 bits per heavy atom. The molecule has 0 atom stereocenters. The molecular formula is C21H21N3O2. The summed E-state index contributed by atoms with van der Waals surface area (Å²) in [4.78, 5) is 29.2. The summed E-state index contributed by atoms with van der Waals surface area (Å²) in [6, 6.07) is 13.4. The molecular weight excluding hydrogens is 326 g/mol. The number of aryl methyl sites for hydroxylation is 2. The second kappa shape index (κ2) is 7.87. The zero-order valence-corrected chi connectivity index (χ0v) is 15.0. The van der Waals surface area contributed by atoms with E-state index in [1.54, 1.807) is 18.5 Å². The Hall–Kier alpha value is -3.08. The Morgan fingerprint density at radius 3 is 2.54 bits per heavy atom. The minimum Gasteiger partial charge on any atom is -0.297 e. The van der Waals surface area contributed by atoms with Gasteiger partial charge in [-0.05, 0) is 37.1 Å². The number of hydrogen-bond acceptors (Lipinski definition) is 4. The second-order valence-corrected chi connectivity index (χ2v) is 6.51. The molecule has 0 fully saturated rings. The van der Waals surface area contributed by atoms with Crippen molar-refractivity contribution in [3.8, 4) is 0 Å². The monoisotopic (exact) mass is 347 g/mol. The number of carbonyl (C=O) groups excluding carboxylic acids is 1. The molecule has 132 valence electrons. The number of nitrogens with zero attached hydrogens (tertiary/aromatic N) is 3. The van der Waals surface area contributed by atoms with Crippen molar-refractivity contribution in [3.63, 3.8) is 0 Å². The van der Waals surface area contributed by atoms with E-state index in [9.17, 15) is 9.59 Å². The van der Waals surface area contributed by atoms with E-state index in [0.717, 1.165) is 16.7 Å². The summed E-state index contributed by atoms with van der Waals surface area (Å²) in [6.45, 7) is 3.81. The van der Waals surface area contributed by atoms with Crippen LogP contribution in [0.15, 0.2) is 59.7 Å². The van der Waals surface area contributed by atoms with Gasteiger partial charge in [-0.3, -0.25) is 14.6 Å². The molecule has 0 N–H and O–H groups in total. The van der Waals surface area contributed by atoms with E-state index < -0.39 is 0 Å². The van der Waals surface area contributed by atoms with Crippen LogP contribution in [0.1, 0.15) is 27.9 Å². The van der Waals surface area contributed by atoms with Crippen LogP contribution in [0, 0.1) is 13.8 Å². The van der Waals surface area contributed by atoms with Crippen LogP contribution in [-0.4, -0.2) is 20.5 Å². The van der Waals surface area contributed by atoms with Gasteiger partial charge in [0.2, 0.25) is 0 Å². The van der Waals surface area contributed by atoms with Crippen LogP contribution in [0.4, 0.5) is 0 Å². The van der Waals surface area contributed by atoms with Gasteiger partial charge in [0.05, 0.1) is 5.69 Å². The Morgan fingerprint density at radius 2 is 1.85 bits per heavy atom. The molecule has 0 amide bonds. The van der Waals surface area contributed by atoms with E-state index in [2.05, 4.69) is 10.1 Å². The predicted octanol–water partition coefficient (Wildman–Crippen LogP) is 2.66. The standard InChI is InChI=1S/C21H21N3O2/c1-15-5-7-17(8-6-15)12-20(25)14-24-21(26)19(10-16(2)23-24)11-18-4-3-9-22-13-18/h3-10,13H,11-12,14H2,1-2H3. The zero-order chi connectivity index (χ0) is 18.5. The van der Waals surface area contributed by atoms with Crippen molar-refractivity contribution in [2.45, 2.75) is 33.2 Å². The number of aromatic nitrogens is 3. The smallest absolute Gasteiger partial charge is 0.270 e. The highest BCUT2D eigenvalue weighted by Crippen LogP contribution is 2.07. The lowest BCUT2D eigenvalue weighted by Gasteiger charge is -2.09. The molecule has 2 heterocycles. The molecule has 0 saturated heterocycles. The van der Waals surface area contributed by atoms with E-state index in [-0.39, 0.29) is 17.9 Å². The molecule has 26 heavy (non-hydrogen) atoms. The van der Waals surface area contributed by atoms with Gasteiger partial charge in [-0.2, -0.15) is 5.10 Å². The summed E-state index contributed by atoms with van der Waals surface area (Å²) < 4.78 is 1.28. The van der Waals surface area contributed by atoms with Gasteiger partial charge in [0.15, 0.2) is 5.78 Å². The average Bonchev–Trinajstić information content (AvgIpc) is 2.62. The van der Waals surface area contributed by atoms with Gasteiger partial charge in [-0.1, -0.05) is 35.9 Å². The van der Waals surface area contributed by atoms with Crippen molar-refractivity contribution in [2.75, 3.05) is 0 Å². The molecule has 0 saturated carbocycles. The number of pyridine rings is 1. The van der Waals surface area contributed by atoms with Gasteiger partial charge in [-0.15, -0.1) is 0 Å². The van der Waals surface area contributed by atoms with E-state index in [0.29, 0.717) is 24.1 Å². The number of carbonyl (C=O) groups is 1. The third-order valence-corrected chi connectivity index (χ3v) is 4.14. The zero-order valence-electron chi connectivity index (χ0n) is 15.0. The van der Waals surface area contributed by atoms with E-state index >= 15 is 0 Å². The molecule has 0 aliphatic rings. The molecule has 0 aliphatic heterocycles. The molecule has 0 aliphatic carbocycles. The lowest BCUT2D eigenvalue weighted by molar-refractivity contribution is -0.119. The molecule has 0 bridgehead atoms. The minimum atomic E-state index is -0.225. The first-order valence-corrected chi connectivity index (χ1v) is 8.55. The van der Waals surface area contributed by atoms with Crippen LogP contribution in [0.2, 0.25) is 0 Å². The molecule has 5 heteroatoms. The predicted molar refractivity (Wildman–Crippen MR) is 100 cm³/mol. The van der Waals surface area contributed by atoms with Gasteiger partial charge in [0, 0.05) is 30.8 Å². The van der Waals surface area contributed by atoms with Gasteiger partial charge in [0.1, 0.15) is 6.54 Å². The fraction of sp³-hybridized carbons (Fsp3) is 0.238. The first-order valence-electron chi connectivity index (χ1n) is 8.55. The number of hydrogen-bond donors (Lipinski definition) is 0. The van der Waals surface area contributed by atoms with Crippen LogP contribution >= 0.6 is 0 Å². The molecule has 0 spiro atoms. The maximum atomic E-state index is 12.7. The maximum absolute atomic E-state index is 12.7. The molecule has 0 unspecified atom stereocenters. The SMILES string of the molecule is Cc1ccc(CC(=O)Cn2nc(C)cc(Cc3cccnc3)c2=O)cc1. The van der Waals surface area contributed by atoms with Crippen molar-refractivity contribution in [3.05, 3.63) is 93.2 Å². The first kappa shape index (κ1) is 17.7. The van der Waals surface area contributed by atoms with E-state index in [1.807, 2.05) is 50.2 Å². The second-order valence-electron chi connectivity index (χ2n) is 6.51. The normalized spacial score (nSPS) is 10.7. The quantitative estimate of drug-likeness (QED) is 0.688.